The summed E-state index contributed by atoms with van der Waals surface area (Å²) in [5.74, 6) is 0.104. The molecule has 0 saturated carbocycles. The molecule has 1 aromatic heterocycles. The van der Waals surface area contributed by atoms with Gasteiger partial charge in [0.25, 0.3) is 0 Å². The van der Waals surface area contributed by atoms with Crippen molar-refractivity contribution in [1.82, 2.24) is 15.1 Å². The fourth-order valence-electron chi connectivity index (χ4n) is 2.19. The number of aryl methyl sites for hydroxylation is 1. The number of benzene rings is 1. The molecule has 0 saturated heterocycles. The van der Waals surface area contributed by atoms with Crippen LogP contribution >= 0.6 is 0 Å². The Balaban J connectivity index is 1.82. The van der Waals surface area contributed by atoms with Gasteiger partial charge in [-0.3, -0.25) is 9.89 Å². The summed E-state index contributed by atoms with van der Waals surface area (Å²) in [5.41, 5.74) is 8.54. The number of nitrogens with zero attached hydrogens (tertiary/aromatic N) is 2. The van der Waals surface area contributed by atoms with Gasteiger partial charge >= 0.3 is 0 Å². The Bertz CT molecular complexity index is 565. The van der Waals surface area contributed by atoms with Crippen LogP contribution in [-0.4, -0.2) is 41.1 Å². The van der Waals surface area contributed by atoms with Gasteiger partial charge in [-0.15, -0.1) is 0 Å². The Labute approximate surface area is 125 Å². The highest BCUT2D eigenvalue weighted by Gasteiger charge is 2.08. The van der Waals surface area contributed by atoms with Crippen LogP contribution in [0.15, 0.2) is 36.4 Å². The average molecular weight is 286 g/mol. The molecule has 0 atom stereocenters. The molecule has 2 rings (SSSR count). The highest BCUT2D eigenvalue weighted by Crippen LogP contribution is 2.17. The van der Waals surface area contributed by atoms with E-state index in [1.807, 2.05) is 37.4 Å². The van der Waals surface area contributed by atoms with E-state index in [0.29, 0.717) is 13.0 Å². The Kier molecular flexibility index (Phi) is 5.51. The fourth-order valence-corrected chi connectivity index (χ4v) is 2.19. The first-order chi connectivity index (χ1) is 10.2. The van der Waals surface area contributed by atoms with Crippen molar-refractivity contribution in [2.24, 2.45) is 5.73 Å². The minimum absolute atomic E-state index is 0.104. The topological polar surface area (TPSA) is 75.0 Å². The predicted molar refractivity (Wildman–Crippen MR) is 83.7 cm³/mol. The summed E-state index contributed by atoms with van der Waals surface area (Å²) in [6, 6.07) is 12.1. The van der Waals surface area contributed by atoms with E-state index in [1.165, 1.54) is 0 Å². The van der Waals surface area contributed by atoms with Gasteiger partial charge in [0.1, 0.15) is 0 Å². The molecule has 1 heterocycles. The van der Waals surface area contributed by atoms with Gasteiger partial charge in [-0.1, -0.05) is 30.3 Å². The first kappa shape index (κ1) is 15.3. The lowest BCUT2D eigenvalue weighted by molar-refractivity contribution is -0.129. The predicted octanol–water partition coefficient (Wildman–Crippen LogP) is 1.82. The molecule has 1 aromatic carbocycles. The van der Waals surface area contributed by atoms with Crippen molar-refractivity contribution in [1.29, 1.82) is 0 Å². The molecule has 0 aliphatic carbocycles. The lowest BCUT2D eigenvalue weighted by atomic mass is 10.1. The Morgan fingerprint density at radius 1 is 1.33 bits per heavy atom. The number of aromatic amines is 1. The number of hydrogen-bond donors (Lipinski definition) is 2. The number of amides is 1. The second kappa shape index (κ2) is 7.59. The number of carbonyl (C=O) groups excluding carboxylic acids is 1. The molecule has 2 aromatic rings. The number of hydrogen-bond acceptors (Lipinski definition) is 3. The van der Waals surface area contributed by atoms with E-state index >= 15 is 0 Å². The number of carbonyl (C=O) groups is 1. The van der Waals surface area contributed by atoms with Crippen molar-refractivity contribution in [3.8, 4) is 11.3 Å². The second-order valence-corrected chi connectivity index (χ2v) is 5.10. The molecule has 0 spiro atoms. The van der Waals surface area contributed by atoms with Crippen molar-refractivity contribution in [3.05, 3.63) is 42.1 Å². The van der Waals surface area contributed by atoms with Gasteiger partial charge < -0.3 is 10.6 Å². The summed E-state index contributed by atoms with van der Waals surface area (Å²) < 4.78 is 0. The largest absolute Gasteiger partial charge is 0.346 e. The SMILES string of the molecule is CN(CCCc1cc(-c2ccccc2)n[nH]1)C(=O)CCN. The van der Waals surface area contributed by atoms with Crippen LogP contribution in [0.1, 0.15) is 18.5 Å². The third-order valence-corrected chi connectivity index (χ3v) is 3.42. The van der Waals surface area contributed by atoms with Crippen LogP contribution in [0.2, 0.25) is 0 Å². The standard InChI is InChI=1S/C16H22N4O/c1-20(16(21)9-10-17)11-5-8-14-12-15(19-18-14)13-6-3-2-4-7-13/h2-4,6-7,12H,5,8-11,17H2,1H3,(H,18,19). The van der Waals surface area contributed by atoms with Crippen LogP contribution in [0.3, 0.4) is 0 Å². The van der Waals surface area contributed by atoms with Crippen LogP contribution < -0.4 is 5.73 Å². The van der Waals surface area contributed by atoms with Crippen LogP contribution in [-0.2, 0) is 11.2 Å². The molecule has 112 valence electrons. The van der Waals surface area contributed by atoms with Crippen LogP contribution in [0.5, 0.6) is 0 Å². The highest BCUT2D eigenvalue weighted by atomic mass is 16.2. The molecule has 0 unspecified atom stereocenters. The van der Waals surface area contributed by atoms with Crippen LogP contribution in [0.4, 0.5) is 0 Å². The van der Waals surface area contributed by atoms with E-state index in [1.54, 1.807) is 4.90 Å². The average Bonchev–Trinajstić information content (AvgIpc) is 2.97. The zero-order valence-electron chi connectivity index (χ0n) is 12.4. The number of H-pyrrole nitrogens is 1. The van der Waals surface area contributed by atoms with Crippen molar-refractivity contribution >= 4 is 5.91 Å². The van der Waals surface area contributed by atoms with Gasteiger partial charge in [-0.25, -0.2) is 0 Å². The lowest BCUT2D eigenvalue weighted by Crippen LogP contribution is -2.29. The maximum Gasteiger partial charge on any atom is 0.223 e. The number of rotatable bonds is 7. The molecule has 5 heteroatoms. The lowest BCUT2D eigenvalue weighted by Gasteiger charge is -2.16. The zero-order valence-corrected chi connectivity index (χ0v) is 12.4. The Hall–Kier alpha value is -2.14. The van der Waals surface area contributed by atoms with Crippen LogP contribution in [0.25, 0.3) is 11.3 Å². The first-order valence-corrected chi connectivity index (χ1v) is 7.24. The summed E-state index contributed by atoms with van der Waals surface area (Å²) in [7, 11) is 1.82. The Morgan fingerprint density at radius 2 is 2.10 bits per heavy atom. The van der Waals surface area contributed by atoms with E-state index in [0.717, 1.165) is 36.3 Å². The van der Waals surface area contributed by atoms with Crippen molar-refractivity contribution in [2.75, 3.05) is 20.1 Å². The van der Waals surface area contributed by atoms with Gasteiger partial charge in [0.05, 0.1) is 5.69 Å². The molecule has 0 bridgehead atoms. The molecule has 21 heavy (non-hydrogen) atoms. The zero-order chi connectivity index (χ0) is 15.1. The van der Waals surface area contributed by atoms with E-state index in [9.17, 15) is 4.79 Å². The maximum absolute atomic E-state index is 11.6. The minimum atomic E-state index is 0.104. The summed E-state index contributed by atoms with van der Waals surface area (Å²) in [6.07, 6.45) is 2.20. The number of nitrogens with two attached hydrogens (primary N) is 1. The summed E-state index contributed by atoms with van der Waals surface area (Å²) in [4.78, 5) is 13.3. The molecule has 0 aliphatic rings. The van der Waals surface area contributed by atoms with E-state index in [2.05, 4.69) is 16.3 Å². The van der Waals surface area contributed by atoms with Crippen molar-refractivity contribution in [2.45, 2.75) is 19.3 Å². The molecule has 5 nitrogen and oxygen atoms in total. The molecule has 3 N–H and O–H groups in total. The molecular formula is C16H22N4O. The van der Waals surface area contributed by atoms with E-state index < -0.39 is 0 Å². The molecule has 1 amide bonds. The smallest absolute Gasteiger partial charge is 0.223 e. The highest BCUT2D eigenvalue weighted by molar-refractivity contribution is 5.75. The third-order valence-electron chi connectivity index (χ3n) is 3.42. The number of nitrogens with one attached hydrogen (secondary N) is 1. The van der Waals surface area contributed by atoms with Crippen LogP contribution in [0, 0.1) is 0 Å². The molecule has 0 aliphatic heterocycles. The van der Waals surface area contributed by atoms with Crippen molar-refractivity contribution < 1.29 is 4.79 Å². The quantitative estimate of drug-likeness (QED) is 0.815. The maximum atomic E-state index is 11.6. The second-order valence-electron chi connectivity index (χ2n) is 5.10. The van der Waals surface area contributed by atoms with Gasteiger partial charge in [0, 0.05) is 37.8 Å². The summed E-state index contributed by atoms with van der Waals surface area (Å²) >= 11 is 0. The number of aromatic nitrogens is 2. The van der Waals surface area contributed by atoms with Gasteiger partial charge in [0.2, 0.25) is 5.91 Å². The monoisotopic (exact) mass is 286 g/mol. The molecular weight excluding hydrogens is 264 g/mol. The summed E-state index contributed by atoms with van der Waals surface area (Å²) in [5, 5.41) is 7.39. The van der Waals surface area contributed by atoms with Gasteiger partial charge in [0.15, 0.2) is 0 Å². The summed E-state index contributed by atoms with van der Waals surface area (Å²) in [6.45, 7) is 1.14. The van der Waals surface area contributed by atoms with E-state index in [4.69, 9.17) is 5.73 Å². The fraction of sp³-hybridized carbons (Fsp3) is 0.375. The minimum Gasteiger partial charge on any atom is -0.346 e. The first-order valence-electron chi connectivity index (χ1n) is 7.24. The Morgan fingerprint density at radius 3 is 2.81 bits per heavy atom. The third kappa shape index (κ3) is 4.43. The van der Waals surface area contributed by atoms with Gasteiger partial charge in [-0.05, 0) is 18.9 Å². The van der Waals surface area contributed by atoms with Gasteiger partial charge in [-0.2, -0.15) is 5.10 Å². The normalized spacial score (nSPS) is 10.6. The molecule has 0 fully saturated rings. The van der Waals surface area contributed by atoms with Crippen molar-refractivity contribution in [3.63, 3.8) is 0 Å². The van der Waals surface area contributed by atoms with E-state index in [-0.39, 0.29) is 5.91 Å². The molecule has 0 radical (unpaired) electrons.